The van der Waals surface area contributed by atoms with Crippen molar-refractivity contribution in [3.63, 3.8) is 0 Å². The Morgan fingerprint density at radius 2 is 1.81 bits per heavy atom. The predicted octanol–water partition coefficient (Wildman–Crippen LogP) is 3.60. The molecule has 0 aliphatic carbocycles. The highest BCUT2D eigenvalue weighted by Gasteiger charge is 1.97. The Morgan fingerprint density at radius 1 is 1.06 bits per heavy atom. The lowest BCUT2D eigenvalue weighted by Crippen LogP contribution is -1.94. The summed E-state index contributed by atoms with van der Waals surface area (Å²) in [4.78, 5) is 1.23. The fraction of sp³-hybridized carbons (Fsp3) is 0.0909. The minimum absolute atomic E-state index is 0.392. The molecule has 0 aliphatic rings. The van der Waals surface area contributed by atoms with E-state index in [1.807, 2.05) is 18.4 Å². The fourth-order valence-corrected chi connectivity index (χ4v) is 1.71. The van der Waals surface area contributed by atoms with Crippen LogP contribution in [0.2, 0.25) is 5.15 Å². The van der Waals surface area contributed by atoms with Gasteiger partial charge in [0.05, 0.1) is 0 Å². The van der Waals surface area contributed by atoms with Gasteiger partial charge in [0.15, 0.2) is 11.0 Å². The zero-order valence-electron chi connectivity index (χ0n) is 8.64. The maximum Gasteiger partial charge on any atom is 0.153 e. The van der Waals surface area contributed by atoms with Gasteiger partial charge < -0.3 is 5.32 Å². The van der Waals surface area contributed by atoms with E-state index in [0.717, 1.165) is 5.69 Å². The summed E-state index contributed by atoms with van der Waals surface area (Å²) in [6.45, 7) is 0. The second kappa shape index (κ2) is 5.18. The molecule has 0 spiro atoms. The third kappa shape index (κ3) is 2.87. The van der Waals surface area contributed by atoms with Gasteiger partial charge in [-0.05, 0) is 42.7 Å². The third-order valence-electron chi connectivity index (χ3n) is 1.99. The largest absolute Gasteiger partial charge is 0.339 e. The molecule has 1 heterocycles. The molecule has 2 rings (SSSR count). The number of nitrogens with zero attached hydrogens (tertiary/aromatic N) is 2. The van der Waals surface area contributed by atoms with Crippen molar-refractivity contribution in [3.8, 4) is 0 Å². The van der Waals surface area contributed by atoms with E-state index >= 15 is 0 Å². The fourth-order valence-electron chi connectivity index (χ4n) is 1.20. The molecular formula is C11H10ClN3S. The molecule has 0 unspecified atom stereocenters. The quantitative estimate of drug-likeness (QED) is 0.846. The highest BCUT2D eigenvalue weighted by Crippen LogP contribution is 2.19. The first kappa shape index (κ1) is 11.2. The molecule has 1 N–H and O–H groups in total. The maximum atomic E-state index is 5.65. The normalized spacial score (nSPS) is 10.1. The molecule has 0 amide bonds. The Morgan fingerprint density at radius 3 is 2.38 bits per heavy atom. The topological polar surface area (TPSA) is 37.8 Å². The summed E-state index contributed by atoms with van der Waals surface area (Å²) in [5.74, 6) is 0.682. The highest BCUT2D eigenvalue weighted by atomic mass is 35.5. The number of thioether (sulfide) groups is 1. The summed E-state index contributed by atoms with van der Waals surface area (Å²) in [6, 6.07) is 11.6. The molecule has 0 fully saturated rings. The van der Waals surface area contributed by atoms with Gasteiger partial charge in [0.1, 0.15) is 0 Å². The van der Waals surface area contributed by atoms with Crippen LogP contribution in [0.3, 0.4) is 0 Å². The van der Waals surface area contributed by atoms with Crippen LogP contribution in [0.15, 0.2) is 41.3 Å². The van der Waals surface area contributed by atoms with Gasteiger partial charge in [-0.1, -0.05) is 11.6 Å². The highest BCUT2D eigenvalue weighted by molar-refractivity contribution is 7.98. The SMILES string of the molecule is CSc1ccc(Nc2ccc(Cl)nn2)cc1. The predicted molar refractivity (Wildman–Crippen MR) is 68.5 cm³/mol. The number of benzene rings is 1. The molecule has 0 saturated carbocycles. The second-order valence-corrected chi connectivity index (χ2v) is 4.36. The van der Waals surface area contributed by atoms with E-state index in [1.54, 1.807) is 23.9 Å². The summed E-state index contributed by atoms with van der Waals surface area (Å²) >= 11 is 7.36. The van der Waals surface area contributed by atoms with Crippen molar-refractivity contribution in [3.05, 3.63) is 41.6 Å². The Balaban J connectivity index is 2.11. The molecule has 0 aliphatic heterocycles. The number of anilines is 2. The molecule has 16 heavy (non-hydrogen) atoms. The van der Waals surface area contributed by atoms with Crippen LogP contribution in [0.25, 0.3) is 0 Å². The van der Waals surface area contributed by atoms with E-state index in [2.05, 4.69) is 27.6 Å². The lowest BCUT2D eigenvalue weighted by atomic mass is 10.3. The molecule has 0 atom stereocenters. The number of hydrogen-bond acceptors (Lipinski definition) is 4. The average Bonchev–Trinajstić information content (AvgIpc) is 2.33. The van der Waals surface area contributed by atoms with Gasteiger partial charge in [0.2, 0.25) is 0 Å². The minimum Gasteiger partial charge on any atom is -0.339 e. The number of aromatic nitrogens is 2. The Bertz CT molecular complexity index is 456. The molecular weight excluding hydrogens is 242 g/mol. The number of hydrogen-bond donors (Lipinski definition) is 1. The van der Waals surface area contributed by atoms with Crippen LogP contribution >= 0.6 is 23.4 Å². The standard InChI is InChI=1S/C11H10ClN3S/c1-16-9-4-2-8(3-5-9)13-11-7-6-10(12)14-15-11/h2-7H,1H3,(H,13,15). The minimum atomic E-state index is 0.392. The average molecular weight is 252 g/mol. The summed E-state index contributed by atoms with van der Waals surface area (Å²) in [5, 5.41) is 11.2. The van der Waals surface area contributed by atoms with Gasteiger partial charge in [-0.3, -0.25) is 0 Å². The van der Waals surface area contributed by atoms with Crippen molar-refractivity contribution in [1.29, 1.82) is 0 Å². The smallest absolute Gasteiger partial charge is 0.153 e. The van der Waals surface area contributed by atoms with Crippen LogP contribution in [0.5, 0.6) is 0 Å². The van der Waals surface area contributed by atoms with Crippen LogP contribution in [0.4, 0.5) is 11.5 Å². The molecule has 0 radical (unpaired) electrons. The van der Waals surface area contributed by atoms with Gasteiger partial charge in [-0.25, -0.2) is 0 Å². The molecule has 2 aromatic rings. The van der Waals surface area contributed by atoms with Crippen LogP contribution < -0.4 is 5.32 Å². The number of halogens is 1. The summed E-state index contributed by atoms with van der Waals surface area (Å²) < 4.78 is 0. The van der Waals surface area contributed by atoms with E-state index in [0.29, 0.717) is 11.0 Å². The zero-order chi connectivity index (χ0) is 11.4. The Kier molecular flexibility index (Phi) is 3.64. The first-order valence-corrected chi connectivity index (χ1v) is 6.28. The zero-order valence-corrected chi connectivity index (χ0v) is 10.2. The van der Waals surface area contributed by atoms with E-state index in [-0.39, 0.29) is 0 Å². The summed E-state index contributed by atoms with van der Waals surface area (Å²) in [7, 11) is 0. The first-order valence-electron chi connectivity index (χ1n) is 4.68. The van der Waals surface area contributed by atoms with Gasteiger partial charge in [0, 0.05) is 10.6 Å². The summed E-state index contributed by atoms with van der Waals surface area (Å²) in [6.07, 6.45) is 2.05. The Hall–Kier alpha value is -1.26. The van der Waals surface area contributed by atoms with Gasteiger partial charge in [-0.15, -0.1) is 22.0 Å². The van der Waals surface area contributed by atoms with Crippen molar-refractivity contribution < 1.29 is 0 Å². The van der Waals surface area contributed by atoms with E-state index < -0.39 is 0 Å². The van der Waals surface area contributed by atoms with Crippen molar-refractivity contribution in [2.24, 2.45) is 0 Å². The van der Waals surface area contributed by atoms with Crippen molar-refractivity contribution in [2.75, 3.05) is 11.6 Å². The molecule has 0 bridgehead atoms. The monoisotopic (exact) mass is 251 g/mol. The van der Waals surface area contributed by atoms with Crippen LogP contribution in [-0.2, 0) is 0 Å². The number of nitrogens with one attached hydrogen (secondary N) is 1. The lowest BCUT2D eigenvalue weighted by molar-refractivity contribution is 1.04. The molecule has 1 aromatic heterocycles. The third-order valence-corrected chi connectivity index (χ3v) is 2.94. The maximum absolute atomic E-state index is 5.65. The van der Waals surface area contributed by atoms with Crippen LogP contribution in [0.1, 0.15) is 0 Å². The first-order chi connectivity index (χ1) is 7.78. The molecule has 82 valence electrons. The van der Waals surface area contributed by atoms with Gasteiger partial charge in [0.25, 0.3) is 0 Å². The van der Waals surface area contributed by atoms with Gasteiger partial charge >= 0.3 is 0 Å². The lowest BCUT2D eigenvalue weighted by Gasteiger charge is -2.05. The number of rotatable bonds is 3. The van der Waals surface area contributed by atoms with Gasteiger partial charge in [-0.2, -0.15) is 0 Å². The van der Waals surface area contributed by atoms with Crippen molar-refractivity contribution >= 4 is 34.9 Å². The van der Waals surface area contributed by atoms with Crippen LogP contribution in [0, 0.1) is 0 Å². The Labute approximate surface area is 103 Å². The molecule has 5 heteroatoms. The van der Waals surface area contributed by atoms with Crippen molar-refractivity contribution in [1.82, 2.24) is 10.2 Å². The van der Waals surface area contributed by atoms with E-state index in [9.17, 15) is 0 Å². The molecule has 1 aromatic carbocycles. The van der Waals surface area contributed by atoms with Crippen molar-refractivity contribution in [2.45, 2.75) is 4.90 Å². The molecule has 0 saturated heterocycles. The van der Waals surface area contributed by atoms with Crippen LogP contribution in [-0.4, -0.2) is 16.5 Å². The summed E-state index contributed by atoms with van der Waals surface area (Å²) in [5.41, 5.74) is 0.981. The van der Waals surface area contributed by atoms with E-state index in [1.165, 1.54) is 4.90 Å². The molecule has 3 nitrogen and oxygen atoms in total. The van der Waals surface area contributed by atoms with E-state index in [4.69, 9.17) is 11.6 Å². The second-order valence-electron chi connectivity index (χ2n) is 3.09.